The molecule has 0 aromatic heterocycles. The summed E-state index contributed by atoms with van der Waals surface area (Å²) in [5.41, 5.74) is 3.54. The number of carbonyl (C=O) groups excluding carboxylic acids is 1. The van der Waals surface area contributed by atoms with Gasteiger partial charge < -0.3 is 15.4 Å². The van der Waals surface area contributed by atoms with Gasteiger partial charge in [0.2, 0.25) is 5.91 Å². The van der Waals surface area contributed by atoms with Gasteiger partial charge in [-0.25, -0.2) is 0 Å². The molecule has 1 aliphatic heterocycles. The number of rotatable bonds is 6. The van der Waals surface area contributed by atoms with E-state index >= 15 is 0 Å². The van der Waals surface area contributed by atoms with Crippen LogP contribution in [0, 0.1) is 0 Å². The van der Waals surface area contributed by atoms with Gasteiger partial charge in [-0.05, 0) is 42.6 Å². The lowest BCUT2D eigenvalue weighted by Crippen LogP contribution is -2.23. The molecule has 104 valence electrons. The van der Waals surface area contributed by atoms with Crippen molar-refractivity contribution in [1.29, 1.82) is 0 Å². The minimum Gasteiger partial charge on any atom is -0.381 e. The van der Waals surface area contributed by atoms with E-state index in [4.69, 9.17) is 4.74 Å². The van der Waals surface area contributed by atoms with E-state index in [0.717, 1.165) is 38.2 Å². The van der Waals surface area contributed by atoms with Crippen LogP contribution in [0.3, 0.4) is 0 Å². The molecule has 0 atom stereocenters. The van der Waals surface area contributed by atoms with Gasteiger partial charge in [-0.1, -0.05) is 13.0 Å². The summed E-state index contributed by atoms with van der Waals surface area (Å²) >= 11 is 0. The SMILES string of the molecule is CCCOCCC(=O)Nc1ccc2c(c1)CNCC2. The molecule has 0 radical (unpaired) electrons. The molecule has 2 rings (SSSR count). The minimum absolute atomic E-state index is 0.0137. The fourth-order valence-electron chi connectivity index (χ4n) is 2.19. The zero-order valence-corrected chi connectivity index (χ0v) is 11.5. The monoisotopic (exact) mass is 262 g/mol. The highest BCUT2D eigenvalue weighted by atomic mass is 16.5. The van der Waals surface area contributed by atoms with Gasteiger partial charge >= 0.3 is 0 Å². The summed E-state index contributed by atoms with van der Waals surface area (Å²) in [4.78, 5) is 11.7. The zero-order valence-electron chi connectivity index (χ0n) is 11.5. The summed E-state index contributed by atoms with van der Waals surface area (Å²) in [7, 11) is 0. The van der Waals surface area contributed by atoms with Gasteiger partial charge in [0.25, 0.3) is 0 Å². The van der Waals surface area contributed by atoms with Gasteiger partial charge in [0.1, 0.15) is 0 Å². The number of fused-ring (bicyclic) bond motifs is 1. The van der Waals surface area contributed by atoms with Crippen LogP contribution in [0.15, 0.2) is 18.2 Å². The second kappa shape index (κ2) is 7.26. The Morgan fingerprint density at radius 1 is 1.37 bits per heavy atom. The predicted molar refractivity (Wildman–Crippen MR) is 76.2 cm³/mol. The van der Waals surface area contributed by atoms with E-state index in [0.29, 0.717) is 13.0 Å². The molecule has 0 saturated heterocycles. The van der Waals surface area contributed by atoms with Gasteiger partial charge in [0, 0.05) is 18.8 Å². The largest absolute Gasteiger partial charge is 0.381 e. The molecule has 0 aliphatic carbocycles. The Bertz CT molecular complexity index is 432. The van der Waals surface area contributed by atoms with Crippen LogP contribution in [0.25, 0.3) is 0 Å². The van der Waals surface area contributed by atoms with Crippen LogP contribution in [-0.2, 0) is 22.5 Å². The Morgan fingerprint density at radius 3 is 3.11 bits per heavy atom. The molecule has 0 unspecified atom stereocenters. The third-order valence-electron chi connectivity index (χ3n) is 3.20. The highest BCUT2D eigenvalue weighted by Gasteiger charge is 2.10. The second-order valence-electron chi connectivity index (χ2n) is 4.82. The Kier molecular flexibility index (Phi) is 5.36. The molecule has 1 heterocycles. The lowest BCUT2D eigenvalue weighted by molar-refractivity contribution is -0.117. The van der Waals surface area contributed by atoms with Crippen LogP contribution >= 0.6 is 0 Å². The fraction of sp³-hybridized carbons (Fsp3) is 0.533. The normalized spacial score (nSPS) is 13.9. The predicted octanol–water partition coefficient (Wildman–Crippen LogP) is 2.09. The third kappa shape index (κ3) is 4.33. The van der Waals surface area contributed by atoms with Crippen molar-refractivity contribution in [2.24, 2.45) is 0 Å². The van der Waals surface area contributed by atoms with E-state index in [9.17, 15) is 4.79 Å². The first-order valence-electron chi connectivity index (χ1n) is 6.99. The maximum Gasteiger partial charge on any atom is 0.226 e. The summed E-state index contributed by atoms with van der Waals surface area (Å²) in [6, 6.07) is 6.15. The first-order chi connectivity index (χ1) is 9.29. The van der Waals surface area contributed by atoms with Crippen molar-refractivity contribution in [3.05, 3.63) is 29.3 Å². The van der Waals surface area contributed by atoms with E-state index in [2.05, 4.69) is 29.7 Å². The quantitative estimate of drug-likeness (QED) is 0.772. The van der Waals surface area contributed by atoms with Gasteiger partial charge in [-0.2, -0.15) is 0 Å². The van der Waals surface area contributed by atoms with Gasteiger partial charge in [0.15, 0.2) is 0 Å². The molecule has 4 heteroatoms. The topological polar surface area (TPSA) is 50.4 Å². The van der Waals surface area contributed by atoms with E-state index in [-0.39, 0.29) is 5.91 Å². The molecular weight excluding hydrogens is 240 g/mol. The molecular formula is C15H22N2O2. The smallest absolute Gasteiger partial charge is 0.226 e. The number of benzene rings is 1. The van der Waals surface area contributed by atoms with Crippen LogP contribution in [0.2, 0.25) is 0 Å². The maximum absolute atomic E-state index is 11.7. The van der Waals surface area contributed by atoms with Crippen molar-refractivity contribution in [3.8, 4) is 0 Å². The molecule has 4 nitrogen and oxygen atoms in total. The Morgan fingerprint density at radius 2 is 2.26 bits per heavy atom. The van der Waals surface area contributed by atoms with E-state index in [1.54, 1.807) is 0 Å². The molecule has 1 amide bonds. The minimum atomic E-state index is 0.0137. The average Bonchev–Trinajstić information content (AvgIpc) is 2.43. The van der Waals surface area contributed by atoms with Crippen LogP contribution < -0.4 is 10.6 Å². The summed E-state index contributed by atoms with van der Waals surface area (Å²) in [5, 5.41) is 6.26. The molecule has 2 N–H and O–H groups in total. The summed E-state index contributed by atoms with van der Waals surface area (Å²) < 4.78 is 5.31. The van der Waals surface area contributed by atoms with Gasteiger partial charge in [-0.15, -0.1) is 0 Å². The zero-order chi connectivity index (χ0) is 13.5. The van der Waals surface area contributed by atoms with Crippen molar-refractivity contribution in [2.45, 2.75) is 32.7 Å². The van der Waals surface area contributed by atoms with Crippen LogP contribution in [0.4, 0.5) is 5.69 Å². The van der Waals surface area contributed by atoms with Crippen LogP contribution in [0.1, 0.15) is 30.9 Å². The van der Waals surface area contributed by atoms with Gasteiger partial charge in [0.05, 0.1) is 13.0 Å². The molecule has 0 saturated carbocycles. The van der Waals surface area contributed by atoms with Crippen molar-refractivity contribution in [2.75, 3.05) is 25.1 Å². The lowest BCUT2D eigenvalue weighted by Gasteiger charge is -2.18. The number of amides is 1. The lowest BCUT2D eigenvalue weighted by atomic mass is 10.0. The second-order valence-corrected chi connectivity index (χ2v) is 4.82. The number of hydrogen-bond donors (Lipinski definition) is 2. The summed E-state index contributed by atoms with van der Waals surface area (Å²) in [6.45, 7) is 5.19. The van der Waals surface area contributed by atoms with Gasteiger partial charge in [-0.3, -0.25) is 4.79 Å². The highest BCUT2D eigenvalue weighted by molar-refractivity contribution is 5.90. The Labute approximate surface area is 114 Å². The van der Waals surface area contributed by atoms with Crippen molar-refractivity contribution < 1.29 is 9.53 Å². The first kappa shape index (κ1) is 14.0. The Balaban J connectivity index is 1.83. The van der Waals surface area contributed by atoms with Crippen LogP contribution in [0.5, 0.6) is 0 Å². The number of ether oxygens (including phenoxy) is 1. The number of nitrogens with one attached hydrogen (secondary N) is 2. The van der Waals surface area contributed by atoms with E-state index in [1.807, 2.05) is 6.07 Å². The highest BCUT2D eigenvalue weighted by Crippen LogP contribution is 2.19. The number of anilines is 1. The number of carbonyl (C=O) groups is 1. The summed E-state index contributed by atoms with van der Waals surface area (Å²) in [6.07, 6.45) is 2.46. The fourth-order valence-corrected chi connectivity index (χ4v) is 2.19. The maximum atomic E-state index is 11.7. The van der Waals surface area contributed by atoms with Crippen molar-refractivity contribution in [1.82, 2.24) is 5.32 Å². The standard InChI is InChI=1S/C15H22N2O2/c1-2-8-19-9-6-15(18)17-14-4-3-12-5-7-16-11-13(12)10-14/h3-4,10,16H,2,5-9,11H2,1H3,(H,17,18). The Hall–Kier alpha value is -1.39. The van der Waals surface area contributed by atoms with Crippen molar-refractivity contribution in [3.63, 3.8) is 0 Å². The summed E-state index contributed by atoms with van der Waals surface area (Å²) in [5.74, 6) is 0.0137. The molecule has 1 aromatic rings. The molecule has 0 bridgehead atoms. The van der Waals surface area contributed by atoms with Crippen molar-refractivity contribution >= 4 is 11.6 Å². The van der Waals surface area contributed by atoms with E-state index < -0.39 is 0 Å². The molecule has 1 aromatic carbocycles. The molecule has 1 aliphatic rings. The average molecular weight is 262 g/mol. The van der Waals surface area contributed by atoms with E-state index in [1.165, 1.54) is 11.1 Å². The molecule has 0 fully saturated rings. The molecule has 19 heavy (non-hydrogen) atoms. The first-order valence-corrected chi connectivity index (χ1v) is 6.99. The molecule has 0 spiro atoms. The number of hydrogen-bond acceptors (Lipinski definition) is 3. The van der Waals surface area contributed by atoms with Crippen LogP contribution in [-0.4, -0.2) is 25.7 Å². The third-order valence-corrected chi connectivity index (χ3v) is 3.20.